The Hall–Kier alpha value is -1.76. The average molecular weight is 488 g/mol. The molecule has 0 spiro atoms. The van der Waals surface area contributed by atoms with Crippen molar-refractivity contribution in [3.05, 3.63) is 52.9 Å². The highest BCUT2D eigenvalue weighted by atomic mass is 28.3. The van der Waals surface area contributed by atoms with Crippen molar-refractivity contribution in [1.82, 2.24) is 0 Å². The summed E-state index contributed by atoms with van der Waals surface area (Å²) in [6.07, 6.45) is 4.04. The second-order valence-corrected chi connectivity index (χ2v) is 13.8. The molecule has 4 atom stereocenters. The first-order valence-corrected chi connectivity index (χ1v) is 14.6. The van der Waals surface area contributed by atoms with Crippen molar-refractivity contribution in [3.8, 4) is 0 Å². The molecule has 4 nitrogen and oxygen atoms in total. The second kappa shape index (κ2) is 10.1. The van der Waals surface area contributed by atoms with Crippen molar-refractivity contribution >= 4 is 20.6 Å². The summed E-state index contributed by atoms with van der Waals surface area (Å²) in [6.45, 7) is 17.4. The van der Waals surface area contributed by atoms with E-state index in [0.29, 0.717) is 12.0 Å². The van der Waals surface area contributed by atoms with E-state index in [1.165, 1.54) is 6.07 Å². The van der Waals surface area contributed by atoms with Crippen LogP contribution in [0.3, 0.4) is 0 Å². The fourth-order valence-electron chi connectivity index (χ4n) is 5.22. The van der Waals surface area contributed by atoms with Gasteiger partial charge in [0, 0.05) is 6.42 Å². The third-order valence-electron chi connectivity index (χ3n) is 7.01. The molecule has 2 unspecified atom stereocenters. The Bertz CT molecular complexity index is 973. The molecule has 187 valence electrons. The number of aryl methyl sites for hydroxylation is 1. The number of hydrogen-bond donors (Lipinski definition) is 1. The van der Waals surface area contributed by atoms with Crippen molar-refractivity contribution < 1.29 is 23.5 Å². The Morgan fingerprint density at radius 3 is 2.50 bits per heavy atom. The van der Waals surface area contributed by atoms with Crippen LogP contribution in [0.5, 0.6) is 0 Å². The van der Waals surface area contributed by atoms with Gasteiger partial charge in [0.15, 0.2) is 0 Å². The number of carbonyl (C=O) groups excluding carboxylic acids is 1. The number of hydrogen-bond acceptors (Lipinski definition) is 4. The lowest BCUT2D eigenvalue weighted by Gasteiger charge is -2.49. The maximum Gasteiger partial charge on any atom is 0.309 e. The quantitative estimate of drug-likeness (QED) is 0.395. The number of halogens is 1. The summed E-state index contributed by atoms with van der Waals surface area (Å²) in [4.78, 5) is 11.9. The molecule has 1 N–H and O–H groups in total. The molecule has 1 aliphatic carbocycles. The smallest absolute Gasteiger partial charge is 0.309 e. The van der Waals surface area contributed by atoms with Gasteiger partial charge < -0.3 is 14.3 Å². The SMILES string of the molecule is Cc1cc(C2=C(C=C[C@H]3C[C@H](O)CC(=O)O3)C(C)(C)CC(C(C)(C)C)C2O[Si](C)C)ccc1F. The van der Waals surface area contributed by atoms with Crippen LogP contribution in [0.15, 0.2) is 35.9 Å². The summed E-state index contributed by atoms with van der Waals surface area (Å²) in [5.74, 6) is -0.327. The van der Waals surface area contributed by atoms with Gasteiger partial charge in [-0.2, -0.15) is 0 Å². The van der Waals surface area contributed by atoms with E-state index in [1.54, 1.807) is 6.92 Å². The topological polar surface area (TPSA) is 55.8 Å². The fraction of sp³-hybridized carbons (Fsp3) is 0.607. The zero-order valence-electron chi connectivity index (χ0n) is 21.9. The van der Waals surface area contributed by atoms with Gasteiger partial charge in [-0.25, -0.2) is 4.39 Å². The monoisotopic (exact) mass is 487 g/mol. The molecule has 0 saturated carbocycles. The number of cyclic esters (lactones) is 1. The molecule has 3 rings (SSSR count). The van der Waals surface area contributed by atoms with E-state index in [0.717, 1.165) is 23.1 Å². The first-order valence-electron chi connectivity index (χ1n) is 12.2. The third-order valence-corrected chi connectivity index (χ3v) is 7.74. The number of aliphatic hydroxyl groups is 1. The van der Waals surface area contributed by atoms with Gasteiger partial charge in [-0.1, -0.05) is 46.8 Å². The number of rotatable bonds is 5. The van der Waals surface area contributed by atoms with Gasteiger partial charge in [-0.05, 0) is 83.7 Å². The molecule has 0 amide bonds. The molecular weight excluding hydrogens is 447 g/mol. The third kappa shape index (κ3) is 6.07. The number of esters is 1. The fourth-order valence-corrected chi connectivity index (χ4v) is 6.01. The Kier molecular flexibility index (Phi) is 7.95. The lowest BCUT2D eigenvalue weighted by Crippen LogP contribution is -2.44. The molecule has 1 aromatic carbocycles. The lowest BCUT2D eigenvalue weighted by atomic mass is 9.59. The minimum Gasteiger partial charge on any atom is -0.458 e. The first-order chi connectivity index (χ1) is 15.7. The molecule has 6 heteroatoms. The zero-order valence-corrected chi connectivity index (χ0v) is 22.9. The Balaban J connectivity index is 2.21. The predicted octanol–water partition coefficient (Wildman–Crippen LogP) is 6.24. The van der Waals surface area contributed by atoms with Crippen LogP contribution < -0.4 is 0 Å². The molecule has 34 heavy (non-hydrogen) atoms. The van der Waals surface area contributed by atoms with Crippen molar-refractivity contribution in [2.45, 2.75) is 92.2 Å². The molecule has 1 aliphatic heterocycles. The van der Waals surface area contributed by atoms with Crippen molar-refractivity contribution in [1.29, 1.82) is 0 Å². The van der Waals surface area contributed by atoms with Crippen LogP contribution in [0.25, 0.3) is 5.57 Å². The molecule has 1 aromatic rings. The summed E-state index contributed by atoms with van der Waals surface area (Å²) >= 11 is 0. The predicted molar refractivity (Wildman–Crippen MR) is 136 cm³/mol. The van der Waals surface area contributed by atoms with E-state index < -0.39 is 21.2 Å². The van der Waals surface area contributed by atoms with Gasteiger partial charge >= 0.3 is 5.97 Å². The number of allylic oxidation sites excluding steroid dienone is 2. The van der Waals surface area contributed by atoms with Crippen molar-refractivity contribution in [3.63, 3.8) is 0 Å². The lowest BCUT2D eigenvalue weighted by molar-refractivity contribution is -0.156. The van der Waals surface area contributed by atoms with Crippen LogP contribution >= 0.6 is 0 Å². The van der Waals surface area contributed by atoms with Crippen LogP contribution in [0.4, 0.5) is 4.39 Å². The Labute approximate surface area is 206 Å². The van der Waals surface area contributed by atoms with E-state index >= 15 is 0 Å². The van der Waals surface area contributed by atoms with Crippen LogP contribution in [-0.4, -0.2) is 38.4 Å². The van der Waals surface area contributed by atoms with E-state index in [-0.39, 0.29) is 41.1 Å². The van der Waals surface area contributed by atoms with Crippen molar-refractivity contribution in [2.75, 3.05) is 0 Å². The standard InChI is InChI=1S/C28H40FO4Si/c1-17-13-18(9-12-23(17)29)25-21(11-10-20-14-19(30)15-24(31)32-20)28(5,6)16-22(27(2,3)4)26(25)33-34(7)8/h9-13,19-20,22,26,30H,14-16H2,1-8H3/t19-,20-,22?,26?/m0/s1. The second-order valence-electron chi connectivity index (χ2n) is 11.8. The minimum absolute atomic E-state index is 0.0117. The summed E-state index contributed by atoms with van der Waals surface area (Å²) in [7, 11) is -1.03. The summed E-state index contributed by atoms with van der Waals surface area (Å²) < 4.78 is 26.4. The molecule has 1 radical (unpaired) electrons. The van der Waals surface area contributed by atoms with Gasteiger partial charge in [-0.3, -0.25) is 4.79 Å². The zero-order chi connectivity index (χ0) is 25.4. The van der Waals surface area contributed by atoms with Crippen LogP contribution in [-0.2, 0) is 14.0 Å². The number of benzene rings is 1. The number of carbonyl (C=O) groups is 1. The van der Waals surface area contributed by atoms with Crippen molar-refractivity contribution in [2.24, 2.45) is 16.7 Å². The number of ether oxygens (including phenoxy) is 1. The van der Waals surface area contributed by atoms with Gasteiger partial charge in [0.1, 0.15) is 11.9 Å². The van der Waals surface area contributed by atoms with Crippen LogP contribution in [0, 0.1) is 29.5 Å². The highest BCUT2D eigenvalue weighted by molar-refractivity contribution is 6.48. The maximum absolute atomic E-state index is 14.2. The van der Waals surface area contributed by atoms with E-state index in [4.69, 9.17) is 9.16 Å². The minimum atomic E-state index is -1.03. The average Bonchev–Trinajstić information content (AvgIpc) is 2.68. The summed E-state index contributed by atoms with van der Waals surface area (Å²) in [5.41, 5.74) is 3.60. The van der Waals surface area contributed by atoms with E-state index in [2.05, 4.69) is 53.8 Å². The van der Waals surface area contributed by atoms with Gasteiger partial charge in [0.05, 0.1) is 18.6 Å². The summed E-state index contributed by atoms with van der Waals surface area (Å²) in [5, 5.41) is 10.0. The van der Waals surface area contributed by atoms with E-state index in [1.807, 2.05) is 18.2 Å². The number of aliphatic hydroxyl groups excluding tert-OH is 1. The van der Waals surface area contributed by atoms with Crippen LogP contribution in [0.2, 0.25) is 13.1 Å². The molecule has 0 bridgehead atoms. The van der Waals surface area contributed by atoms with E-state index in [9.17, 15) is 14.3 Å². The largest absolute Gasteiger partial charge is 0.458 e. The first kappa shape index (κ1) is 26.8. The molecule has 1 fully saturated rings. The Morgan fingerprint density at radius 1 is 1.26 bits per heavy atom. The highest BCUT2D eigenvalue weighted by Crippen LogP contribution is 2.53. The Morgan fingerprint density at radius 2 is 1.94 bits per heavy atom. The molecule has 1 heterocycles. The maximum atomic E-state index is 14.2. The molecule has 2 aliphatic rings. The van der Waals surface area contributed by atoms with Gasteiger partial charge in [0.2, 0.25) is 9.04 Å². The van der Waals surface area contributed by atoms with Gasteiger partial charge in [-0.15, -0.1) is 0 Å². The highest BCUT2D eigenvalue weighted by Gasteiger charge is 2.46. The molecular formula is C28H40FO4Si. The molecule has 1 saturated heterocycles. The normalized spacial score (nSPS) is 28.0. The molecule has 0 aromatic heterocycles. The van der Waals surface area contributed by atoms with Crippen LogP contribution in [0.1, 0.15) is 65.0 Å². The summed E-state index contributed by atoms with van der Waals surface area (Å²) in [6, 6.07) is 5.30. The van der Waals surface area contributed by atoms with Gasteiger partial charge in [0.25, 0.3) is 0 Å².